The second-order valence-corrected chi connectivity index (χ2v) is 6.00. The molecule has 0 aliphatic heterocycles. The average Bonchev–Trinajstić information content (AvgIpc) is 2.67. The van der Waals surface area contributed by atoms with Crippen molar-refractivity contribution in [3.05, 3.63) is 34.9 Å². The minimum Gasteiger partial charge on any atom is -0.376 e. The number of methoxy groups -OCH3 is 1. The van der Waals surface area contributed by atoms with E-state index in [1.807, 2.05) is 7.11 Å². The Hall–Kier alpha value is -0.860. The van der Waals surface area contributed by atoms with Gasteiger partial charge in [0, 0.05) is 7.11 Å². The molecule has 1 atom stereocenters. The quantitative estimate of drug-likeness (QED) is 0.833. The lowest BCUT2D eigenvalue weighted by atomic mass is 9.82. The molecule has 0 radical (unpaired) electrons. The summed E-state index contributed by atoms with van der Waals surface area (Å²) in [6, 6.07) is 6.55. The van der Waals surface area contributed by atoms with Crippen LogP contribution in [0.1, 0.15) is 61.3 Å². The highest BCUT2D eigenvalue weighted by Crippen LogP contribution is 2.39. The fourth-order valence-electron chi connectivity index (χ4n) is 3.23. The molecule has 106 valence electrons. The van der Waals surface area contributed by atoms with E-state index < -0.39 is 0 Å². The fourth-order valence-corrected chi connectivity index (χ4v) is 3.23. The smallest absolute Gasteiger partial charge is 0.0870 e. The van der Waals surface area contributed by atoms with E-state index in [0.717, 1.165) is 12.8 Å². The molecule has 1 aromatic carbocycles. The van der Waals surface area contributed by atoms with Crippen molar-refractivity contribution in [3.8, 4) is 0 Å². The van der Waals surface area contributed by atoms with Crippen molar-refractivity contribution in [2.24, 2.45) is 5.73 Å². The molecule has 0 aromatic heterocycles. The predicted molar refractivity (Wildman–Crippen MR) is 80.3 cm³/mol. The summed E-state index contributed by atoms with van der Waals surface area (Å²) < 4.78 is 5.92. The van der Waals surface area contributed by atoms with Crippen molar-refractivity contribution in [1.82, 2.24) is 0 Å². The zero-order valence-electron chi connectivity index (χ0n) is 12.5. The van der Waals surface area contributed by atoms with Crippen LogP contribution in [0, 0.1) is 13.8 Å². The molecule has 1 aliphatic rings. The molecule has 2 nitrogen and oxygen atoms in total. The highest BCUT2D eigenvalue weighted by Gasteiger charge is 2.37. The van der Waals surface area contributed by atoms with Crippen LogP contribution < -0.4 is 5.73 Å². The lowest BCUT2D eigenvalue weighted by Crippen LogP contribution is -2.42. The highest BCUT2D eigenvalue weighted by molar-refractivity contribution is 5.33. The number of hydrogen-bond donors (Lipinski definition) is 1. The highest BCUT2D eigenvalue weighted by atomic mass is 16.5. The topological polar surface area (TPSA) is 35.2 Å². The number of benzene rings is 1. The predicted octanol–water partition coefficient (Wildman–Crippen LogP) is 4.04. The van der Waals surface area contributed by atoms with Gasteiger partial charge in [-0.2, -0.15) is 0 Å². The molecule has 2 rings (SSSR count). The maximum Gasteiger partial charge on any atom is 0.0870 e. The summed E-state index contributed by atoms with van der Waals surface area (Å²) in [7, 11) is 1.83. The summed E-state index contributed by atoms with van der Waals surface area (Å²) in [5, 5.41) is 0. The van der Waals surface area contributed by atoms with Crippen molar-refractivity contribution in [2.75, 3.05) is 7.11 Å². The first-order chi connectivity index (χ1) is 9.09. The van der Waals surface area contributed by atoms with E-state index >= 15 is 0 Å². The van der Waals surface area contributed by atoms with Crippen LogP contribution in [0.3, 0.4) is 0 Å². The lowest BCUT2D eigenvalue weighted by Gasteiger charge is -2.37. The Morgan fingerprint density at radius 3 is 2.21 bits per heavy atom. The molecular weight excluding hydrogens is 234 g/mol. The van der Waals surface area contributed by atoms with Gasteiger partial charge in [0.25, 0.3) is 0 Å². The summed E-state index contributed by atoms with van der Waals surface area (Å²) in [6.07, 6.45) is 7.24. The molecule has 1 saturated carbocycles. The average molecular weight is 261 g/mol. The zero-order valence-corrected chi connectivity index (χ0v) is 12.5. The van der Waals surface area contributed by atoms with E-state index in [4.69, 9.17) is 10.5 Å². The van der Waals surface area contributed by atoms with Gasteiger partial charge in [-0.3, -0.25) is 0 Å². The molecule has 2 heteroatoms. The fraction of sp³-hybridized carbons (Fsp3) is 0.647. The molecule has 1 aromatic rings. The Labute approximate surface area is 117 Å². The first-order valence-electron chi connectivity index (χ1n) is 7.47. The van der Waals surface area contributed by atoms with Gasteiger partial charge in [-0.1, -0.05) is 43.9 Å². The first kappa shape index (κ1) is 14.5. The second-order valence-electron chi connectivity index (χ2n) is 6.00. The van der Waals surface area contributed by atoms with Gasteiger partial charge in [0.15, 0.2) is 0 Å². The van der Waals surface area contributed by atoms with Gasteiger partial charge in [-0.25, -0.2) is 0 Å². The van der Waals surface area contributed by atoms with Gasteiger partial charge < -0.3 is 10.5 Å². The van der Waals surface area contributed by atoms with Gasteiger partial charge in [0.2, 0.25) is 0 Å². The zero-order chi connectivity index (χ0) is 13.9. The van der Waals surface area contributed by atoms with Crippen molar-refractivity contribution in [3.63, 3.8) is 0 Å². The third-order valence-corrected chi connectivity index (χ3v) is 4.81. The van der Waals surface area contributed by atoms with Crippen LogP contribution in [0.4, 0.5) is 0 Å². The van der Waals surface area contributed by atoms with E-state index in [-0.39, 0.29) is 11.6 Å². The van der Waals surface area contributed by atoms with Crippen LogP contribution in [0.25, 0.3) is 0 Å². The normalized spacial score (nSPS) is 20.8. The summed E-state index contributed by atoms with van der Waals surface area (Å²) in [5.41, 5.74) is 10.3. The summed E-state index contributed by atoms with van der Waals surface area (Å²) in [5.74, 6) is 0. The van der Waals surface area contributed by atoms with Crippen molar-refractivity contribution >= 4 is 0 Å². The Bertz CT molecular complexity index is 419. The maximum atomic E-state index is 6.58. The number of aryl methyl sites for hydroxylation is 2. The van der Waals surface area contributed by atoms with Crippen LogP contribution in [-0.2, 0) is 4.74 Å². The van der Waals surface area contributed by atoms with Crippen molar-refractivity contribution in [2.45, 2.75) is 64.0 Å². The maximum absolute atomic E-state index is 6.58. The molecule has 1 unspecified atom stereocenters. The van der Waals surface area contributed by atoms with E-state index in [2.05, 4.69) is 32.0 Å². The van der Waals surface area contributed by atoms with E-state index in [1.54, 1.807) is 0 Å². The van der Waals surface area contributed by atoms with Gasteiger partial charge in [-0.15, -0.1) is 0 Å². The molecule has 1 aliphatic carbocycles. The SMILES string of the molecule is COC1(C(N)c2ccc(C)c(C)c2)CCCCCC1. The summed E-state index contributed by atoms with van der Waals surface area (Å²) >= 11 is 0. The molecular formula is C17H27NO. The molecule has 0 heterocycles. The van der Waals surface area contributed by atoms with E-state index in [0.29, 0.717) is 0 Å². The lowest BCUT2D eigenvalue weighted by molar-refractivity contribution is -0.0442. The number of nitrogens with two attached hydrogens (primary N) is 1. The van der Waals surface area contributed by atoms with Gasteiger partial charge in [-0.05, 0) is 43.4 Å². The number of rotatable bonds is 3. The standard InChI is InChI=1S/C17H27NO/c1-13-8-9-15(12-14(13)2)16(18)17(19-3)10-6-4-5-7-11-17/h8-9,12,16H,4-7,10-11,18H2,1-3H3. The largest absolute Gasteiger partial charge is 0.376 e. The molecule has 19 heavy (non-hydrogen) atoms. The van der Waals surface area contributed by atoms with Crippen LogP contribution in [0.15, 0.2) is 18.2 Å². The Kier molecular flexibility index (Phi) is 4.64. The summed E-state index contributed by atoms with van der Waals surface area (Å²) in [4.78, 5) is 0. The third kappa shape index (κ3) is 3.01. The Balaban J connectivity index is 2.28. The van der Waals surface area contributed by atoms with E-state index in [1.165, 1.54) is 42.4 Å². The minimum atomic E-state index is -0.168. The molecule has 1 fully saturated rings. The van der Waals surface area contributed by atoms with Crippen molar-refractivity contribution in [1.29, 1.82) is 0 Å². The van der Waals surface area contributed by atoms with Crippen LogP contribution in [-0.4, -0.2) is 12.7 Å². The van der Waals surface area contributed by atoms with Crippen LogP contribution >= 0.6 is 0 Å². The Morgan fingerprint density at radius 1 is 1.05 bits per heavy atom. The Morgan fingerprint density at radius 2 is 1.68 bits per heavy atom. The summed E-state index contributed by atoms with van der Waals surface area (Å²) in [6.45, 7) is 4.29. The van der Waals surface area contributed by atoms with E-state index in [9.17, 15) is 0 Å². The molecule has 0 amide bonds. The van der Waals surface area contributed by atoms with Crippen molar-refractivity contribution < 1.29 is 4.74 Å². The molecule has 0 bridgehead atoms. The van der Waals surface area contributed by atoms with Gasteiger partial charge >= 0.3 is 0 Å². The minimum absolute atomic E-state index is 0.0186. The first-order valence-corrected chi connectivity index (χ1v) is 7.47. The third-order valence-electron chi connectivity index (χ3n) is 4.81. The molecule has 2 N–H and O–H groups in total. The molecule has 0 spiro atoms. The second kappa shape index (κ2) is 6.06. The molecule has 0 saturated heterocycles. The van der Waals surface area contributed by atoms with Gasteiger partial charge in [0.1, 0.15) is 0 Å². The monoisotopic (exact) mass is 261 g/mol. The van der Waals surface area contributed by atoms with Crippen LogP contribution in [0.2, 0.25) is 0 Å². The number of ether oxygens (including phenoxy) is 1. The van der Waals surface area contributed by atoms with Gasteiger partial charge in [0.05, 0.1) is 11.6 Å². The number of hydrogen-bond acceptors (Lipinski definition) is 2. The van der Waals surface area contributed by atoms with Crippen LogP contribution in [0.5, 0.6) is 0 Å².